The van der Waals surface area contributed by atoms with Crippen LogP contribution in [-0.4, -0.2) is 5.78 Å². The maximum atomic E-state index is 11.7. The highest BCUT2D eigenvalue weighted by molar-refractivity contribution is 14.1. The molecule has 0 amide bonds. The van der Waals surface area contributed by atoms with Gasteiger partial charge >= 0.3 is 0 Å². The summed E-state index contributed by atoms with van der Waals surface area (Å²) in [6.07, 6.45) is 1.41. The second kappa shape index (κ2) is 5.33. The lowest BCUT2D eigenvalue weighted by Crippen LogP contribution is -1.99. The number of hydrogen-bond donors (Lipinski definition) is 0. The Labute approximate surface area is 125 Å². The summed E-state index contributed by atoms with van der Waals surface area (Å²) in [6.45, 7) is 0.543. The quantitative estimate of drug-likeness (QED) is 0.770. The van der Waals surface area contributed by atoms with Crippen molar-refractivity contribution < 1.29 is 9.53 Å². The lowest BCUT2D eigenvalue weighted by molar-refractivity contribution is 0.0994. The van der Waals surface area contributed by atoms with Gasteiger partial charge in [-0.2, -0.15) is 0 Å². The second-order valence-electron chi connectivity index (χ2n) is 4.62. The van der Waals surface area contributed by atoms with Gasteiger partial charge in [0.25, 0.3) is 0 Å². The van der Waals surface area contributed by atoms with Gasteiger partial charge < -0.3 is 4.74 Å². The molecule has 2 aromatic rings. The van der Waals surface area contributed by atoms with Crippen molar-refractivity contribution >= 4 is 28.4 Å². The van der Waals surface area contributed by atoms with Gasteiger partial charge in [-0.05, 0) is 52.8 Å². The molecule has 0 aromatic heterocycles. The molecule has 3 heteroatoms. The van der Waals surface area contributed by atoms with Crippen LogP contribution < -0.4 is 4.74 Å². The normalized spacial score (nSPS) is 13.4. The third-order valence-corrected chi connectivity index (χ3v) is 4.06. The Bertz CT molecular complexity index is 617. The van der Waals surface area contributed by atoms with Crippen LogP contribution in [0.2, 0.25) is 0 Å². The van der Waals surface area contributed by atoms with Crippen molar-refractivity contribution in [3.05, 3.63) is 62.7 Å². The summed E-state index contributed by atoms with van der Waals surface area (Å²) in [5.41, 5.74) is 3.04. The molecule has 0 spiro atoms. The van der Waals surface area contributed by atoms with Gasteiger partial charge in [0.1, 0.15) is 12.4 Å². The van der Waals surface area contributed by atoms with Crippen LogP contribution in [0.4, 0.5) is 0 Å². The second-order valence-corrected chi connectivity index (χ2v) is 5.87. The zero-order valence-electron chi connectivity index (χ0n) is 10.4. The van der Waals surface area contributed by atoms with E-state index in [2.05, 4.69) is 46.9 Å². The number of ketones is 1. The summed E-state index contributed by atoms with van der Waals surface area (Å²) >= 11 is 2.28. The molecule has 0 aliphatic heterocycles. The summed E-state index contributed by atoms with van der Waals surface area (Å²) in [4.78, 5) is 11.7. The van der Waals surface area contributed by atoms with Gasteiger partial charge in [-0.3, -0.25) is 4.79 Å². The molecule has 0 fully saturated rings. The number of benzene rings is 2. The lowest BCUT2D eigenvalue weighted by atomic mass is 10.1. The highest BCUT2D eigenvalue weighted by Crippen LogP contribution is 2.30. The van der Waals surface area contributed by atoms with Crippen molar-refractivity contribution in [1.29, 1.82) is 0 Å². The fourth-order valence-corrected chi connectivity index (χ4v) is 2.69. The van der Waals surface area contributed by atoms with Crippen molar-refractivity contribution in [3.8, 4) is 5.75 Å². The average molecular weight is 364 g/mol. The molecule has 0 radical (unpaired) electrons. The SMILES string of the molecule is O=C1CCc2c(OCc3ccc(I)cc3)cccc21. The van der Waals surface area contributed by atoms with E-state index >= 15 is 0 Å². The molecule has 0 unspecified atom stereocenters. The van der Waals surface area contributed by atoms with Gasteiger partial charge in [0.05, 0.1) is 0 Å². The molecule has 2 nitrogen and oxygen atoms in total. The molecule has 1 aliphatic rings. The van der Waals surface area contributed by atoms with Gasteiger partial charge in [0.2, 0.25) is 0 Å². The van der Waals surface area contributed by atoms with Crippen molar-refractivity contribution in [3.63, 3.8) is 0 Å². The van der Waals surface area contributed by atoms with Gasteiger partial charge in [0.15, 0.2) is 5.78 Å². The van der Waals surface area contributed by atoms with E-state index < -0.39 is 0 Å². The van der Waals surface area contributed by atoms with Crippen molar-refractivity contribution in [1.82, 2.24) is 0 Å². The largest absolute Gasteiger partial charge is 0.489 e. The number of Topliss-reactive ketones (excluding diaryl/α,β-unsaturated/α-hetero) is 1. The minimum absolute atomic E-state index is 0.231. The molecular formula is C16H13IO2. The molecule has 0 saturated carbocycles. The van der Waals surface area contributed by atoms with Crippen molar-refractivity contribution in [2.24, 2.45) is 0 Å². The van der Waals surface area contributed by atoms with Gasteiger partial charge in [-0.15, -0.1) is 0 Å². The van der Waals surface area contributed by atoms with Crippen LogP contribution in [0.3, 0.4) is 0 Å². The number of ether oxygens (including phenoxy) is 1. The Hall–Kier alpha value is -1.36. The Morgan fingerprint density at radius 1 is 1.05 bits per heavy atom. The minimum atomic E-state index is 0.231. The topological polar surface area (TPSA) is 26.3 Å². The van der Waals surface area contributed by atoms with Crippen LogP contribution in [0.25, 0.3) is 0 Å². The zero-order valence-corrected chi connectivity index (χ0v) is 12.5. The molecule has 0 heterocycles. The fraction of sp³-hybridized carbons (Fsp3) is 0.188. The number of carbonyl (C=O) groups excluding carboxylic acids is 1. The van der Waals surface area contributed by atoms with E-state index in [0.29, 0.717) is 13.0 Å². The van der Waals surface area contributed by atoms with Crippen LogP contribution in [-0.2, 0) is 13.0 Å². The first kappa shape index (κ1) is 12.7. The van der Waals surface area contributed by atoms with Crippen molar-refractivity contribution in [2.45, 2.75) is 19.4 Å². The van der Waals surface area contributed by atoms with Crippen molar-refractivity contribution in [2.75, 3.05) is 0 Å². The van der Waals surface area contributed by atoms with E-state index in [1.54, 1.807) is 0 Å². The summed E-state index contributed by atoms with van der Waals surface area (Å²) < 4.78 is 7.08. The van der Waals surface area contributed by atoms with Crippen LogP contribution in [0.1, 0.15) is 27.9 Å². The van der Waals surface area contributed by atoms with Crippen LogP contribution in [0, 0.1) is 3.57 Å². The Morgan fingerprint density at radius 2 is 1.84 bits per heavy atom. The molecule has 96 valence electrons. The number of rotatable bonds is 3. The van der Waals surface area contributed by atoms with E-state index in [1.807, 2.05) is 18.2 Å². The van der Waals surface area contributed by atoms with E-state index in [4.69, 9.17) is 4.74 Å². The summed E-state index contributed by atoms with van der Waals surface area (Å²) in [7, 11) is 0. The highest BCUT2D eigenvalue weighted by Gasteiger charge is 2.22. The van der Waals surface area contributed by atoms with Gasteiger partial charge in [-0.25, -0.2) is 0 Å². The fourth-order valence-electron chi connectivity index (χ4n) is 2.33. The number of halogens is 1. The van der Waals surface area contributed by atoms with E-state index in [9.17, 15) is 4.79 Å². The van der Waals surface area contributed by atoms with E-state index in [-0.39, 0.29) is 5.78 Å². The maximum Gasteiger partial charge on any atom is 0.163 e. The average Bonchev–Trinajstić information content (AvgIpc) is 2.81. The van der Waals surface area contributed by atoms with Crippen LogP contribution in [0.15, 0.2) is 42.5 Å². The maximum absolute atomic E-state index is 11.7. The predicted molar refractivity (Wildman–Crippen MR) is 82.6 cm³/mol. The smallest absolute Gasteiger partial charge is 0.163 e. The summed E-state index contributed by atoms with van der Waals surface area (Å²) in [6, 6.07) is 14.0. The third-order valence-electron chi connectivity index (χ3n) is 3.34. The Balaban J connectivity index is 1.78. The molecule has 19 heavy (non-hydrogen) atoms. The number of hydrogen-bond acceptors (Lipinski definition) is 2. The molecule has 0 bridgehead atoms. The summed E-state index contributed by atoms with van der Waals surface area (Å²) in [5, 5.41) is 0. The van der Waals surface area contributed by atoms with Gasteiger partial charge in [0, 0.05) is 21.1 Å². The van der Waals surface area contributed by atoms with E-state index in [1.165, 1.54) is 3.57 Å². The molecule has 0 saturated heterocycles. The highest BCUT2D eigenvalue weighted by atomic mass is 127. The third kappa shape index (κ3) is 2.66. The van der Waals surface area contributed by atoms with Crippen LogP contribution in [0.5, 0.6) is 5.75 Å². The lowest BCUT2D eigenvalue weighted by Gasteiger charge is -2.10. The van der Waals surface area contributed by atoms with E-state index in [0.717, 1.165) is 28.9 Å². The molecule has 0 atom stereocenters. The minimum Gasteiger partial charge on any atom is -0.489 e. The molecular weight excluding hydrogens is 351 g/mol. The molecule has 3 rings (SSSR count). The molecule has 0 N–H and O–H groups in total. The standard InChI is InChI=1S/C16H13IO2/c17-12-6-4-11(5-7-12)10-19-16-3-1-2-13-14(16)8-9-15(13)18/h1-7H,8-10H2. The monoisotopic (exact) mass is 364 g/mol. The van der Waals surface area contributed by atoms with Gasteiger partial charge in [-0.1, -0.05) is 24.3 Å². The first-order valence-electron chi connectivity index (χ1n) is 6.26. The Kier molecular flexibility index (Phi) is 3.55. The first-order valence-corrected chi connectivity index (χ1v) is 7.34. The molecule has 1 aliphatic carbocycles. The van der Waals surface area contributed by atoms with Crippen LogP contribution >= 0.6 is 22.6 Å². The number of carbonyl (C=O) groups is 1. The Morgan fingerprint density at radius 3 is 2.63 bits per heavy atom. The first-order chi connectivity index (χ1) is 9.24. The summed E-state index contributed by atoms with van der Waals surface area (Å²) in [5.74, 6) is 1.08. The molecule has 2 aromatic carbocycles. The number of fused-ring (bicyclic) bond motifs is 1. The predicted octanol–water partition coefficient (Wildman–Crippen LogP) is 4.00. The zero-order chi connectivity index (χ0) is 13.2.